The van der Waals surface area contributed by atoms with E-state index >= 15 is 0 Å². The number of hydrogen-bond donors (Lipinski definition) is 1. The minimum absolute atomic E-state index is 0.0807. The zero-order chi connectivity index (χ0) is 20.4. The molecule has 8 nitrogen and oxygen atoms in total. The highest BCUT2D eigenvalue weighted by Crippen LogP contribution is 2.37. The summed E-state index contributed by atoms with van der Waals surface area (Å²) in [7, 11) is 3.08. The maximum Gasteiger partial charge on any atom is 0.322 e. The van der Waals surface area contributed by atoms with Crippen LogP contribution in [-0.4, -0.2) is 46.5 Å². The Labute approximate surface area is 175 Å². The second-order valence-electron chi connectivity index (χ2n) is 7.41. The fourth-order valence-corrected chi connectivity index (χ4v) is 4.41. The monoisotopic (exact) mass is 419 g/mol. The lowest BCUT2D eigenvalue weighted by molar-refractivity contribution is 0.156. The molecule has 1 aromatic heterocycles. The summed E-state index contributed by atoms with van der Waals surface area (Å²) in [5, 5.41) is 12.2. The first-order valence-electron chi connectivity index (χ1n) is 10.0. The molecule has 156 valence electrons. The number of carbonyl (C=O) groups excluding carboxylic acids is 1. The molecule has 1 saturated heterocycles. The molecule has 1 aromatic carbocycles. The molecule has 2 amide bonds. The van der Waals surface area contributed by atoms with E-state index < -0.39 is 0 Å². The molecule has 3 heterocycles. The van der Waals surface area contributed by atoms with Gasteiger partial charge < -0.3 is 24.3 Å². The third-order valence-corrected chi connectivity index (χ3v) is 5.96. The number of ether oxygens (including phenoxy) is 2. The van der Waals surface area contributed by atoms with Crippen LogP contribution in [0.3, 0.4) is 0 Å². The molecule has 0 saturated carbocycles. The number of urea groups is 1. The highest BCUT2D eigenvalue weighted by molar-refractivity contribution is 6.32. The Balaban J connectivity index is 1.59. The average Bonchev–Trinajstić information content (AvgIpc) is 3.18. The molecule has 1 unspecified atom stereocenters. The largest absolute Gasteiger partial charge is 0.495 e. The molecule has 29 heavy (non-hydrogen) atoms. The molecule has 1 fully saturated rings. The second-order valence-corrected chi connectivity index (χ2v) is 7.81. The van der Waals surface area contributed by atoms with E-state index in [1.54, 1.807) is 19.2 Å². The Bertz CT molecular complexity index is 900. The van der Waals surface area contributed by atoms with E-state index in [4.69, 9.17) is 21.1 Å². The van der Waals surface area contributed by atoms with Crippen LogP contribution >= 0.6 is 11.6 Å². The third kappa shape index (κ3) is 3.85. The Morgan fingerprint density at radius 2 is 1.90 bits per heavy atom. The van der Waals surface area contributed by atoms with Crippen molar-refractivity contribution in [1.82, 2.24) is 19.7 Å². The fraction of sp³-hybridized carbons (Fsp3) is 0.550. The van der Waals surface area contributed by atoms with Gasteiger partial charge in [-0.15, -0.1) is 10.2 Å². The van der Waals surface area contributed by atoms with E-state index in [1.807, 2.05) is 4.90 Å². The predicted octanol–water partition coefficient (Wildman–Crippen LogP) is 4.04. The van der Waals surface area contributed by atoms with E-state index in [9.17, 15) is 4.79 Å². The standard InChI is InChI=1S/C20H26ClN5O3/c1-28-16-12-17(29-2)14(11-13(16)21)22-20(27)25-9-5-3-7-15(25)19-24-23-18-8-4-6-10-26(18)19/h11-12,15H,3-10H2,1-2H3,(H,22,27). The van der Waals surface area contributed by atoms with Crippen LogP contribution in [0.25, 0.3) is 0 Å². The van der Waals surface area contributed by atoms with Gasteiger partial charge in [-0.2, -0.15) is 0 Å². The number of fused-ring (bicyclic) bond motifs is 1. The normalized spacial score (nSPS) is 18.9. The van der Waals surface area contributed by atoms with Gasteiger partial charge in [0.05, 0.1) is 31.0 Å². The molecule has 0 bridgehead atoms. The highest BCUT2D eigenvalue weighted by atomic mass is 35.5. The van der Waals surface area contributed by atoms with Gasteiger partial charge in [0, 0.05) is 25.6 Å². The molecule has 9 heteroatoms. The molecule has 0 spiro atoms. The van der Waals surface area contributed by atoms with Gasteiger partial charge in [-0.05, 0) is 38.2 Å². The van der Waals surface area contributed by atoms with Gasteiger partial charge in [0.15, 0.2) is 5.82 Å². The first kappa shape index (κ1) is 19.8. The zero-order valence-corrected chi connectivity index (χ0v) is 17.5. The smallest absolute Gasteiger partial charge is 0.322 e. The van der Waals surface area contributed by atoms with Crippen LogP contribution in [-0.2, 0) is 13.0 Å². The first-order chi connectivity index (χ1) is 14.1. The second kappa shape index (κ2) is 8.49. The number of aromatic nitrogens is 3. The third-order valence-electron chi connectivity index (χ3n) is 5.67. The van der Waals surface area contributed by atoms with Crippen molar-refractivity contribution in [1.29, 1.82) is 0 Å². The Kier molecular flexibility index (Phi) is 5.80. The number of likely N-dealkylation sites (tertiary alicyclic amines) is 1. The SMILES string of the molecule is COc1cc(OC)c(NC(=O)N2CCCCC2c2nnc3n2CCCC3)cc1Cl. The lowest BCUT2D eigenvalue weighted by Gasteiger charge is -2.35. The first-order valence-corrected chi connectivity index (χ1v) is 10.4. The van der Waals surface area contributed by atoms with Gasteiger partial charge in [0.2, 0.25) is 0 Å². The minimum Gasteiger partial charge on any atom is -0.495 e. The molecule has 1 atom stereocenters. The van der Waals surface area contributed by atoms with Crippen LogP contribution in [0.4, 0.5) is 10.5 Å². The average molecular weight is 420 g/mol. The van der Waals surface area contributed by atoms with Crippen LogP contribution in [0.1, 0.15) is 49.8 Å². The van der Waals surface area contributed by atoms with Crippen molar-refractivity contribution in [2.45, 2.75) is 51.1 Å². The summed E-state index contributed by atoms with van der Waals surface area (Å²) in [6.07, 6.45) is 6.13. The summed E-state index contributed by atoms with van der Waals surface area (Å²) in [5.41, 5.74) is 0.510. The fourth-order valence-electron chi connectivity index (χ4n) is 4.17. The van der Waals surface area contributed by atoms with E-state index in [1.165, 1.54) is 7.11 Å². The van der Waals surface area contributed by atoms with Gasteiger partial charge in [-0.25, -0.2) is 4.79 Å². The van der Waals surface area contributed by atoms with Crippen molar-refractivity contribution in [3.05, 3.63) is 28.8 Å². The number of rotatable bonds is 4. The zero-order valence-electron chi connectivity index (χ0n) is 16.8. The van der Waals surface area contributed by atoms with Crippen LogP contribution in [0.15, 0.2) is 12.1 Å². The van der Waals surface area contributed by atoms with Crippen molar-refractivity contribution in [2.75, 3.05) is 26.1 Å². The number of benzene rings is 1. The number of aryl methyl sites for hydroxylation is 1. The van der Waals surface area contributed by atoms with Crippen LogP contribution in [0.2, 0.25) is 5.02 Å². The Morgan fingerprint density at radius 3 is 2.69 bits per heavy atom. The van der Waals surface area contributed by atoms with Gasteiger partial charge in [0.25, 0.3) is 0 Å². The van der Waals surface area contributed by atoms with Crippen molar-refractivity contribution >= 4 is 23.3 Å². The molecule has 2 aromatic rings. The number of carbonyl (C=O) groups is 1. The number of halogens is 1. The van der Waals surface area contributed by atoms with Crippen molar-refractivity contribution < 1.29 is 14.3 Å². The highest BCUT2D eigenvalue weighted by Gasteiger charge is 2.33. The van der Waals surface area contributed by atoms with E-state index in [0.717, 1.165) is 56.7 Å². The Morgan fingerprint density at radius 1 is 1.10 bits per heavy atom. The van der Waals surface area contributed by atoms with Gasteiger partial charge in [-0.3, -0.25) is 0 Å². The van der Waals surface area contributed by atoms with Crippen LogP contribution < -0.4 is 14.8 Å². The lowest BCUT2D eigenvalue weighted by atomic mass is 10.0. The van der Waals surface area contributed by atoms with Gasteiger partial charge >= 0.3 is 6.03 Å². The maximum atomic E-state index is 13.2. The van der Waals surface area contributed by atoms with Crippen LogP contribution in [0.5, 0.6) is 11.5 Å². The summed E-state index contributed by atoms with van der Waals surface area (Å²) in [4.78, 5) is 15.1. The van der Waals surface area contributed by atoms with Gasteiger partial charge in [0.1, 0.15) is 17.3 Å². The van der Waals surface area contributed by atoms with E-state index in [-0.39, 0.29) is 12.1 Å². The molecule has 2 aliphatic heterocycles. The topological polar surface area (TPSA) is 81.5 Å². The van der Waals surface area contributed by atoms with Crippen molar-refractivity contribution in [3.8, 4) is 11.5 Å². The molecule has 1 N–H and O–H groups in total. The number of methoxy groups -OCH3 is 2. The molecule has 0 aliphatic carbocycles. The number of piperidine rings is 1. The molecule has 2 aliphatic rings. The van der Waals surface area contributed by atoms with E-state index in [0.29, 0.717) is 28.8 Å². The number of hydrogen-bond acceptors (Lipinski definition) is 5. The lowest BCUT2D eigenvalue weighted by Crippen LogP contribution is -2.42. The van der Waals surface area contributed by atoms with E-state index in [2.05, 4.69) is 20.1 Å². The number of anilines is 1. The predicted molar refractivity (Wildman–Crippen MR) is 110 cm³/mol. The molecule has 0 radical (unpaired) electrons. The summed E-state index contributed by atoms with van der Waals surface area (Å²) in [6, 6.07) is 3.04. The quantitative estimate of drug-likeness (QED) is 0.808. The number of nitrogens with one attached hydrogen (secondary N) is 1. The summed E-state index contributed by atoms with van der Waals surface area (Å²) >= 11 is 6.25. The molecular weight excluding hydrogens is 394 g/mol. The number of amides is 2. The molecule has 4 rings (SSSR count). The Hall–Kier alpha value is -2.48. The minimum atomic E-state index is -0.192. The van der Waals surface area contributed by atoms with Gasteiger partial charge in [-0.1, -0.05) is 11.6 Å². The number of nitrogens with zero attached hydrogens (tertiary/aromatic N) is 4. The summed E-state index contributed by atoms with van der Waals surface area (Å²) in [5.74, 6) is 2.91. The van der Waals surface area contributed by atoms with Crippen LogP contribution in [0, 0.1) is 0 Å². The summed E-state index contributed by atoms with van der Waals surface area (Å²) < 4.78 is 12.8. The maximum absolute atomic E-state index is 13.2. The van der Waals surface area contributed by atoms with Crippen molar-refractivity contribution in [2.24, 2.45) is 0 Å². The molecular formula is C20H26ClN5O3. The van der Waals surface area contributed by atoms with Crippen molar-refractivity contribution in [3.63, 3.8) is 0 Å². The summed E-state index contributed by atoms with van der Waals surface area (Å²) in [6.45, 7) is 1.59.